The van der Waals surface area contributed by atoms with Crippen molar-refractivity contribution < 1.29 is 9.53 Å². The maximum absolute atomic E-state index is 12.3. The van der Waals surface area contributed by atoms with Gasteiger partial charge < -0.3 is 15.0 Å². The first-order valence-corrected chi connectivity index (χ1v) is 6.26. The second-order valence-electron chi connectivity index (χ2n) is 4.77. The molecule has 0 bridgehead atoms. The van der Waals surface area contributed by atoms with Crippen molar-refractivity contribution >= 4 is 24.0 Å². The first-order valence-electron chi connectivity index (χ1n) is 6.26. The number of halogens is 1. The molecule has 1 aromatic rings. The number of anilines is 1. The van der Waals surface area contributed by atoms with Crippen LogP contribution in [0.4, 0.5) is 5.69 Å². The highest BCUT2D eigenvalue weighted by atomic mass is 35.5. The number of fused-ring (bicyclic) bond motifs is 1. The zero-order chi connectivity index (χ0) is 13.1. The monoisotopic (exact) mass is 284 g/mol. The highest BCUT2D eigenvalue weighted by Gasteiger charge is 2.19. The van der Waals surface area contributed by atoms with E-state index in [1.54, 1.807) is 12.0 Å². The molecule has 1 aliphatic rings. The average molecular weight is 285 g/mol. The van der Waals surface area contributed by atoms with E-state index in [-0.39, 0.29) is 24.4 Å². The zero-order valence-electron chi connectivity index (χ0n) is 11.6. The molecule has 1 N–H and O–H groups in total. The van der Waals surface area contributed by atoms with E-state index in [0.717, 1.165) is 24.2 Å². The number of benzene rings is 1. The minimum Gasteiger partial charge on any atom is -0.384 e. The van der Waals surface area contributed by atoms with E-state index < -0.39 is 0 Å². The number of carbonyl (C=O) groups excluding carboxylic acids is 1. The van der Waals surface area contributed by atoms with E-state index in [1.807, 2.05) is 32.2 Å². The van der Waals surface area contributed by atoms with Crippen LogP contribution in [0.3, 0.4) is 0 Å². The molecule has 1 amide bonds. The van der Waals surface area contributed by atoms with Crippen LogP contribution in [-0.4, -0.2) is 44.2 Å². The van der Waals surface area contributed by atoms with E-state index in [0.29, 0.717) is 6.61 Å². The van der Waals surface area contributed by atoms with Gasteiger partial charge in [-0.2, -0.15) is 0 Å². The predicted octanol–water partition coefficient (Wildman–Crippen LogP) is 2.18. The molecule has 1 atom stereocenters. The van der Waals surface area contributed by atoms with Crippen LogP contribution in [0.1, 0.15) is 22.8 Å². The molecular weight excluding hydrogens is 264 g/mol. The van der Waals surface area contributed by atoms with Gasteiger partial charge in [0, 0.05) is 32.0 Å². The Balaban J connectivity index is 0.00000180. The van der Waals surface area contributed by atoms with E-state index in [4.69, 9.17) is 4.74 Å². The number of hydrogen-bond acceptors (Lipinski definition) is 3. The molecule has 1 unspecified atom stereocenters. The van der Waals surface area contributed by atoms with Crippen molar-refractivity contribution in [2.24, 2.45) is 0 Å². The van der Waals surface area contributed by atoms with Crippen molar-refractivity contribution in [1.29, 1.82) is 0 Å². The molecule has 2 rings (SSSR count). The highest BCUT2D eigenvalue weighted by Crippen LogP contribution is 2.23. The van der Waals surface area contributed by atoms with Crippen molar-refractivity contribution in [1.82, 2.24) is 4.90 Å². The Hall–Kier alpha value is -1.26. The lowest BCUT2D eigenvalue weighted by atomic mass is 10.1. The summed E-state index contributed by atoms with van der Waals surface area (Å²) in [6.45, 7) is 3.49. The average Bonchev–Trinajstić information content (AvgIpc) is 2.84. The lowest BCUT2D eigenvalue weighted by molar-refractivity contribution is 0.0633. The number of methoxy groups -OCH3 is 1. The molecular formula is C14H21ClN2O2. The summed E-state index contributed by atoms with van der Waals surface area (Å²) in [4.78, 5) is 14.0. The summed E-state index contributed by atoms with van der Waals surface area (Å²) in [5.74, 6) is 0.0502. The smallest absolute Gasteiger partial charge is 0.253 e. The SMILES string of the molecule is COCC(C)N(C)C(=O)c1ccc2c(c1)CCN2.Cl. The molecule has 1 aromatic carbocycles. The number of amides is 1. The van der Waals surface area contributed by atoms with E-state index in [1.165, 1.54) is 5.56 Å². The Kier molecular flexibility index (Phi) is 5.63. The van der Waals surface area contributed by atoms with Gasteiger partial charge in [-0.3, -0.25) is 4.79 Å². The summed E-state index contributed by atoms with van der Waals surface area (Å²) >= 11 is 0. The summed E-state index contributed by atoms with van der Waals surface area (Å²) in [7, 11) is 3.47. The fraction of sp³-hybridized carbons (Fsp3) is 0.500. The van der Waals surface area contributed by atoms with Gasteiger partial charge in [-0.1, -0.05) is 0 Å². The third-order valence-corrected chi connectivity index (χ3v) is 3.45. The van der Waals surface area contributed by atoms with Crippen LogP contribution in [0.25, 0.3) is 0 Å². The van der Waals surface area contributed by atoms with Crippen LogP contribution >= 0.6 is 12.4 Å². The summed E-state index contributed by atoms with van der Waals surface area (Å²) < 4.78 is 5.08. The molecule has 1 aliphatic heterocycles. The molecule has 0 saturated heterocycles. The molecule has 0 saturated carbocycles. The lowest BCUT2D eigenvalue weighted by Crippen LogP contribution is -2.37. The fourth-order valence-corrected chi connectivity index (χ4v) is 2.19. The molecule has 0 aromatic heterocycles. The Morgan fingerprint density at radius 2 is 2.26 bits per heavy atom. The first-order chi connectivity index (χ1) is 8.63. The molecule has 19 heavy (non-hydrogen) atoms. The number of nitrogens with zero attached hydrogens (tertiary/aromatic N) is 1. The zero-order valence-corrected chi connectivity index (χ0v) is 12.4. The standard InChI is InChI=1S/C14H20N2O2.ClH/c1-10(9-18-3)16(2)14(17)12-4-5-13-11(8-12)6-7-15-13;/h4-5,8,10,15H,6-7,9H2,1-3H3;1H. The second-order valence-corrected chi connectivity index (χ2v) is 4.77. The topological polar surface area (TPSA) is 41.6 Å². The van der Waals surface area contributed by atoms with E-state index >= 15 is 0 Å². The second kappa shape index (κ2) is 6.78. The minimum atomic E-state index is 0. The van der Waals surface area contributed by atoms with Gasteiger partial charge in [0.15, 0.2) is 0 Å². The predicted molar refractivity (Wildman–Crippen MR) is 79.3 cm³/mol. The molecule has 0 fully saturated rings. The van der Waals surface area contributed by atoms with Gasteiger partial charge in [-0.05, 0) is 37.1 Å². The molecule has 0 radical (unpaired) electrons. The molecule has 4 nitrogen and oxygen atoms in total. The van der Waals surface area contributed by atoms with Crippen LogP contribution in [0, 0.1) is 0 Å². The summed E-state index contributed by atoms with van der Waals surface area (Å²) in [6, 6.07) is 5.95. The van der Waals surface area contributed by atoms with Crippen LogP contribution in [0.2, 0.25) is 0 Å². The van der Waals surface area contributed by atoms with Crippen molar-refractivity contribution in [3.8, 4) is 0 Å². The van der Waals surface area contributed by atoms with E-state index in [9.17, 15) is 4.79 Å². The van der Waals surface area contributed by atoms with E-state index in [2.05, 4.69) is 5.32 Å². The van der Waals surface area contributed by atoms with Gasteiger partial charge in [0.2, 0.25) is 0 Å². The van der Waals surface area contributed by atoms with Crippen LogP contribution in [0.15, 0.2) is 18.2 Å². The molecule has 1 heterocycles. The van der Waals surface area contributed by atoms with Crippen molar-refractivity contribution in [3.05, 3.63) is 29.3 Å². The Bertz CT molecular complexity index is 451. The highest BCUT2D eigenvalue weighted by molar-refractivity contribution is 5.95. The molecule has 0 aliphatic carbocycles. The van der Waals surface area contributed by atoms with Crippen molar-refractivity contribution in [3.63, 3.8) is 0 Å². The lowest BCUT2D eigenvalue weighted by Gasteiger charge is -2.24. The number of rotatable bonds is 4. The third kappa shape index (κ3) is 3.39. The molecule has 5 heteroatoms. The Morgan fingerprint density at radius 1 is 1.53 bits per heavy atom. The maximum Gasteiger partial charge on any atom is 0.253 e. The fourth-order valence-electron chi connectivity index (χ4n) is 2.19. The summed E-state index contributed by atoms with van der Waals surface area (Å²) in [6.07, 6.45) is 0.994. The minimum absolute atomic E-state index is 0. The third-order valence-electron chi connectivity index (χ3n) is 3.45. The van der Waals surface area contributed by atoms with Gasteiger partial charge in [0.1, 0.15) is 0 Å². The molecule has 0 spiro atoms. The van der Waals surface area contributed by atoms with Gasteiger partial charge >= 0.3 is 0 Å². The number of carbonyl (C=O) groups is 1. The normalized spacial score (nSPS) is 14.1. The summed E-state index contributed by atoms with van der Waals surface area (Å²) in [5, 5.41) is 3.29. The quantitative estimate of drug-likeness (QED) is 0.921. The van der Waals surface area contributed by atoms with Crippen LogP contribution < -0.4 is 5.32 Å². The Morgan fingerprint density at radius 3 is 2.95 bits per heavy atom. The van der Waals surface area contributed by atoms with Crippen molar-refractivity contribution in [2.75, 3.05) is 32.6 Å². The van der Waals surface area contributed by atoms with Crippen LogP contribution in [0.5, 0.6) is 0 Å². The summed E-state index contributed by atoms with van der Waals surface area (Å²) in [5.41, 5.74) is 3.13. The number of hydrogen-bond donors (Lipinski definition) is 1. The largest absolute Gasteiger partial charge is 0.384 e. The van der Waals surface area contributed by atoms with Gasteiger partial charge in [0.05, 0.1) is 12.6 Å². The van der Waals surface area contributed by atoms with Gasteiger partial charge in [-0.25, -0.2) is 0 Å². The first kappa shape index (κ1) is 15.8. The van der Waals surface area contributed by atoms with Gasteiger partial charge in [-0.15, -0.1) is 12.4 Å². The maximum atomic E-state index is 12.3. The molecule has 106 valence electrons. The van der Waals surface area contributed by atoms with Gasteiger partial charge in [0.25, 0.3) is 5.91 Å². The Labute approximate surface area is 120 Å². The number of nitrogens with one attached hydrogen (secondary N) is 1. The van der Waals surface area contributed by atoms with Crippen LogP contribution in [-0.2, 0) is 11.2 Å². The number of likely N-dealkylation sites (N-methyl/N-ethyl adjacent to an activating group) is 1. The number of ether oxygens (including phenoxy) is 1. The van der Waals surface area contributed by atoms with Crippen molar-refractivity contribution in [2.45, 2.75) is 19.4 Å².